The minimum atomic E-state index is -4.45. The molecule has 1 amide bonds. The molecule has 2 aliphatic rings. The molecule has 5 rings (SSSR count). The normalized spacial score (nSPS) is 22.4. The molecule has 2 fully saturated rings. The summed E-state index contributed by atoms with van der Waals surface area (Å²) in [6.45, 7) is 1.90. The van der Waals surface area contributed by atoms with Crippen molar-refractivity contribution in [3.8, 4) is 11.6 Å². The van der Waals surface area contributed by atoms with Gasteiger partial charge in [-0.25, -0.2) is 4.98 Å². The summed E-state index contributed by atoms with van der Waals surface area (Å²) in [5.74, 6) is -0.0000804. The molecule has 32 heavy (non-hydrogen) atoms. The monoisotopic (exact) mass is 443 g/mol. The molecule has 7 nitrogen and oxygen atoms in total. The molecule has 166 valence electrons. The van der Waals surface area contributed by atoms with Gasteiger partial charge in [-0.1, -0.05) is 12.1 Å². The molecule has 0 spiro atoms. The van der Waals surface area contributed by atoms with Crippen molar-refractivity contribution in [2.24, 2.45) is 0 Å². The lowest BCUT2D eigenvalue weighted by molar-refractivity contribution is -0.137. The number of ether oxygens (including phenoxy) is 1. The summed E-state index contributed by atoms with van der Waals surface area (Å²) >= 11 is 0. The van der Waals surface area contributed by atoms with Gasteiger partial charge in [0, 0.05) is 24.7 Å². The van der Waals surface area contributed by atoms with Gasteiger partial charge < -0.3 is 9.64 Å². The SMILES string of the molecule is Cc1cccc(C(=O)N2C3CCC2C(Oc2ccc(C(F)(F)F)cn2)C3)c1-n1nccn1. The molecule has 0 aliphatic carbocycles. The maximum Gasteiger partial charge on any atom is 0.417 e. The zero-order chi connectivity index (χ0) is 22.5. The summed E-state index contributed by atoms with van der Waals surface area (Å²) in [6, 6.07) is 7.50. The smallest absolute Gasteiger partial charge is 0.417 e. The molecule has 10 heteroatoms. The van der Waals surface area contributed by atoms with Crippen molar-refractivity contribution in [2.45, 2.75) is 50.6 Å². The van der Waals surface area contributed by atoms with Crippen LogP contribution in [0.5, 0.6) is 5.88 Å². The molecule has 2 aromatic heterocycles. The van der Waals surface area contributed by atoms with Crippen molar-refractivity contribution >= 4 is 5.91 Å². The van der Waals surface area contributed by atoms with Crippen LogP contribution in [0, 0.1) is 6.92 Å². The zero-order valence-corrected chi connectivity index (χ0v) is 17.2. The van der Waals surface area contributed by atoms with Gasteiger partial charge in [-0.05, 0) is 37.5 Å². The summed E-state index contributed by atoms with van der Waals surface area (Å²) in [7, 11) is 0. The molecule has 2 saturated heterocycles. The Morgan fingerprint density at radius 1 is 1.12 bits per heavy atom. The number of hydrogen-bond donors (Lipinski definition) is 0. The van der Waals surface area contributed by atoms with E-state index in [4.69, 9.17) is 4.74 Å². The van der Waals surface area contributed by atoms with Crippen LogP contribution in [-0.4, -0.2) is 49.0 Å². The Morgan fingerprint density at radius 2 is 1.91 bits per heavy atom. The first-order chi connectivity index (χ1) is 15.3. The molecule has 4 heterocycles. The van der Waals surface area contributed by atoms with E-state index in [2.05, 4.69) is 15.2 Å². The van der Waals surface area contributed by atoms with E-state index in [0.29, 0.717) is 17.7 Å². The molecule has 0 radical (unpaired) electrons. The molecule has 3 atom stereocenters. The number of halogens is 3. The third-order valence-electron chi connectivity index (χ3n) is 6.14. The number of aryl methyl sites for hydroxylation is 1. The number of para-hydroxylation sites is 1. The Morgan fingerprint density at radius 3 is 2.59 bits per heavy atom. The first-order valence-electron chi connectivity index (χ1n) is 10.3. The number of amides is 1. The third-order valence-corrected chi connectivity index (χ3v) is 6.14. The zero-order valence-electron chi connectivity index (χ0n) is 17.2. The molecule has 2 bridgehead atoms. The Labute approximate surface area is 181 Å². The maximum absolute atomic E-state index is 13.6. The first-order valence-corrected chi connectivity index (χ1v) is 10.3. The van der Waals surface area contributed by atoms with E-state index in [9.17, 15) is 18.0 Å². The largest absolute Gasteiger partial charge is 0.472 e. The number of fused-ring (bicyclic) bond motifs is 2. The number of alkyl halides is 3. The van der Waals surface area contributed by atoms with Crippen LogP contribution >= 0.6 is 0 Å². The van der Waals surface area contributed by atoms with Crippen molar-refractivity contribution in [1.29, 1.82) is 0 Å². The minimum Gasteiger partial charge on any atom is -0.472 e. The molecular formula is C22H20F3N5O2. The summed E-state index contributed by atoms with van der Waals surface area (Å²) in [5.41, 5.74) is 1.19. The highest BCUT2D eigenvalue weighted by Crippen LogP contribution is 2.41. The number of benzene rings is 1. The topological polar surface area (TPSA) is 73.1 Å². The van der Waals surface area contributed by atoms with Gasteiger partial charge in [-0.2, -0.15) is 28.2 Å². The van der Waals surface area contributed by atoms with Gasteiger partial charge >= 0.3 is 6.18 Å². The predicted octanol–water partition coefficient (Wildman–Crippen LogP) is 3.81. The quantitative estimate of drug-likeness (QED) is 0.613. The predicted molar refractivity (Wildman–Crippen MR) is 107 cm³/mol. The molecular weight excluding hydrogens is 423 g/mol. The molecule has 3 unspecified atom stereocenters. The first kappa shape index (κ1) is 20.5. The average Bonchev–Trinajstić information content (AvgIpc) is 3.49. The van der Waals surface area contributed by atoms with Gasteiger partial charge in [-0.3, -0.25) is 4.79 Å². The summed E-state index contributed by atoms with van der Waals surface area (Å²) in [5, 5.41) is 8.38. The fourth-order valence-corrected chi connectivity index (χ4v) is 4.72. The van der Waals surface area contributed by atoms with Crippen molar-refractivity contribution in [3.05, 3.63) is 65.6 Å². The number of carbonyl (C=O) groups excluding carboxylic acids is 1. The number of nitrogens with zero attached hydrogens (tertiary/aromatic N) is 5. The van der Waals surface area contributed by atoms with E-state index in [1.54, 1.807) is 18.5 Å². The number of aromatic nitrogens is 4. The van der Waals surface area contributed by atoms with Crippen LogP contribution in [-0.2, 0) is 6.18 Å². The van der Waals surface area contributed by atoms with Crippen molar-refractivity contribution in [2.75, 3.05) is 0 Å². The molecule has 2 aliphatic heterocycles. The Hall–Kier alpha value is -3.43. The highest BCUT2D eigenvalue weighted by Gasteiger charge is 2.50. The number of pyridine rings is 1. The van der Waals surface area contributed by atoms with Gasteiger partial charge in [0.05, 0.1) is 29.6 Å². The average molecular weight is 443 g/mol. The lowest BCUT2D eigenvalue weighted by Crippen LogP contribution is -2.39. The van der Waals surface area contributed by atoms with Crippen LogP contribution in [0.3, 0.4) is 0 Å². The highest BCUT2D eigenvalue weighted by molar-refractivity contribution is 5.99. The third kappa shape index (κ3) is 3.49. The summed E-state index contributed by atoms with van der Waals surface area (Å²) < 4.78 is 44.2. The fraction of sp³-hybridized carbons (Fsp3) is 0.364. The standard InChI is InChI=1S/C22H20F3N5O2/c1-13-3-2-4-16(20(13)30-27-9-10-28-30)21(31)29-15-6-7-17(29)18(11-15)32-19-8-5-14(12-26-19)22(23,24)25/h2-5,8-10,12,15,17-18H,6-7,11H2,1H3. The van der Waals surface area contributed by atoms with E-state index in [-0.39, 0.29) is 30.0 Å². The molecule has 1 aromatic carbocycles. The second kappa shape index (κ2) is 7.61. The summed E-state index contributed by atoms with van der Waals surface area (Å²) in [6.07, 6.45) is 1.35. The molecule has 0 N–H and O–H groups in total. The highest BCUT2D eigenvalue weighted by atomic mass is 19.4. The number of rotatable bonds is 4. The Balaban J connectivity index is 1.38. The van der Waals surface area contributed by atoms with E-state index in [1.165, 1.54) is 10.9 Å². The fourth-order valence-electron chi connectivity index (χ4n) is 4.72. The second-order valence-corrected chi connectivity index (χ2v) is 8.08. The van der Waals surface area contributed by atoms with Crippen LogP contribution in [0.4, 0.5) is 13.2 Å². The maximum atomic E-state index is 13.6. The van der Waals surface area contributed by atoms with Crippen LogP contribution in [0.1, 0.15) is 40.7 Å². The van der Waals surface area contributed by atoms with E-state index < -0.39 is 11.7 Å². The van der Waals surface area contributed by atoms with Crippen LogP contribution in [0.25, 0.3) is 5.69 Å². The van der Waals surface area contributed by atoms with E-state index in [0.717, 1.165) is 30.7 Å². The van der Waals surface area contributed by atoms with Crippen molar-refractivity contribution < 1.29 is 22.7 Å². The van der Waals surface area contributed by atoms with Crippen molar-refractivity contribution in [1.82, 2.24) is 24.9 Å². The van der Waals surface area contributed by atoms with Gasteiger partial charge in [0.25, 0.3) is 5.91 Å². The molecule has 0 saturated carbocycles. The van der Waals surface area contributed by atoms with Crippen molar-refractivity contribution in [3.63, 3.8) is 0 Å². The Kier molecular flexibility index (Phi) is 4.87. The van der Waals surface area contributed by atoms with Crippen LogP contribution in [0.2, 0.25) is 0 Å². The van der Waals surface area contributed by atoms with Gasteiger partial charge in [0.1, 0.15) is 11.8 Å². The van der Waals surface area contributed by atoms with Crippen LogP contribution in [0.15, 0.2) is 48.9 Å². The molecule has 3 aromatic rings. The second-order valence-electron chi connectivity index (χ2n) is 8.08. The van der Waals surface area contributed by atoms with E-state index in [1.807, 2.05) is 24.0 Å². The van der Waals surface area contributed by atoms with Gasteiger partial charge in [0.15, 0.2) is 0 Å². The summed E-state index contributed by atoms with van der Waals surface area (Å²) in [4.78, 5) is 20.7. The lowest BCUT2D eigenvalue weighted by atomic mass is 9.98. The number of hydrogen-bond acceptors (Lipinski definition) is 5. The lowest BCUT2D eigenvalue weighted by Gasteiger charge is -2.25. The van der Waals surface area contributed by atoms with Gasteiger partial charge in [-0.15, -0.1) is 0 Å². The van der Waals surface area contributed by atoms with E-state index >= 15 is 0 Å². The number of carbonyl (C=O) groups is 1. The van der Waals surface area contributed by atoms with Crippen LogP contribution < -0.4 is 4.74 Å². The van der Waals surface area contributed by atoms with Gasteiger partial charge in [0.2, 0.25) is 5.88 Å². The Bertz CT molecular complexity index is 1130. The minimum absolute atomic E-state index is 0.00545.